The van der Waals surface area contributed by atoms with Crippen molar-refractivity contribution in [1.29, 1.82) is 0 Å². The molecule has 0 aliphatic heterocycles. The summed E-state index contributed by atoms with van der Waals surface area (Å²) in [5.74, 6) is 0.530. The molecule has 0 saturated heterocycles. The molecular weight excluding hydrogens is 393 g/mol. The number of nitrogens with one attached hydrogen (secondary N) is 1. The SMILES string of the molecule is CCc1ccccc1CNc1nc(Cl)nc2nc(Cl)c(-c3ccccc3)nc12. The molecule has 4 rings (SSSR count). The van der Waals surface area contributed by atoms with E-state index >= 15 is 0 Å². The lowest BCUT2D eigenvalue weighted by Gasteiger charge is -2.12. The minimum atomic E-state index is 0.0941. The first-order chi connectivity index (χ1) is 13.7. The van der Waals surface area contributed by atoms with Crippen molar-refractivity contribution in [2.75, 3.05) is 5.32 Å². The van der Waals surface area contributed by atoms with Gasteiger partial charge in [0.1, 0.15) is 5.69 Å². The van der Waals surface area contributed by atoms with Crippen molar-refractivity contribution >= 4 is 40.2 Å². The molecule has 5 nitrogen and oxygen atoms in total. The Morgan fingerprint density at radius 3 is 2.29 bits per heavy atom. The summed E-state index contributed by atoms with van der Waals surface area (Å²) in [5, 5.41) is 3.70. The molecule has 0 saturated carbocycles. The Balaban J connectivity index is 1.77. The van der Waals surface area contributed by atoms with Crippen LogP contribution in [0.3, 0.4) is 0 Å². The number of hydrogen-bond acceptors (Lipinski definition) is 5. The van der Waals surface area contributed by atoms with Crippen LogP contribution >= 0.6 is 23.2 Å². The molecule has 0 radical (unpaired) electrons. The fourth-order valence-corrected chi connectivity index (χ4v) is 3.45. The average molecular weight is 410 g/mol. The van der Waals surface area contributed by atoms with Gasteiger partial charge in [-0.1, -0.05) is 73.1 Å². The fraction of sp³-hybridized carbons (Fsp3) is 0.143. The fourth-order valence-electron chi connectivity index (χ4n) is 3.06. The molecule has 0 amide bonds. The molecule has 2 aromatic heterocycles. The maximum Gasteiger partial charge on any atom is 0.226 e. The minimum absolute atomic E-state index is 0.0941. The van der Waals surface area contributed by atoms with E-state index in [4.69, 9.17) is 28.2 Å². The lowest BCUT2D eigenvalue weighted by Crippen LogP contribution is -2.07. The molecule has 7 heteroatoms. The summed E-state index contributed by atoms with van der Waals surface area (Å²) in [4.78, 5) is 17.6. The smallest absolute Gasteiger partial charge is 0.226 e. The molecule has 0 atom stereocenters. The molecule has 0 aliphatic carbocycles. The van der Waals surface area contributed by atoms with Gasteiger partial charge in [-0.3, -0.25) is 0 Å². The van der Waals surface area contributed by atoms with Gasteiger partial charge in [-0.05, 0) is 29.1 Å². The molecule has 2 aromatic carbocycles. The monoisotopic (exact) mass is 409 g/mol. The number of aryl methyl sites for hydroxylation is 1. The van der Waals surface area contributed by atoms with Gasteiger partial charge < -0.3 is 5.32 Å². The molecule has 1 N–H and O–H groups in total. The van der Waals surface area contributed by atoms with E-state index in [1.807, 2.05) is 42.5 Å². The number of halogens is 2. The van der Waals surface area contributed by atoms with Crippen molar-refractivity contribution in [3.8, 4) is 11.3 Å². The van der Waals surface area contributed by atoms with E-state index in [-0.39, 0.29) is 10.4 Å². The molecule has 140 valence electrons. The van der Waals surface area contributed by atoms with Crippen LogP contribution in [0.25, 0.3) is 22.4 Å². The molecule has 0 aliphatic rings. The van der Waals surface area contributed by atoms with E-state index in [0.29, 0.717) is 29.2 Å². The number of aromatic nitrogens is 4. The zero-order valence-corrected chi connectivity index (χ0v) is 16.7. The van der Waals surface area contributed by atoms with E-state index in [1.54, 1.807) is 0 Å². The summed E-state index contributed by atoms with van der Waals surface area (Å²) < 4.78 is 0. The predicted octanol–water partition coefficient (Wildman–Crippen LogP) is 5.57. The lowest BCUT2D eigenvalue weighted by atomic mass is 10.1. The Kier molecular flexibility index (Phi) is 5.37. The topological polar surface area (TPSA) is 63.6 Å². The summed E-state index contributed by atoms with van der Waals surface area (Å²) in [5.41, 5.74) is 4.81. The Bertz CT molecular complexity index is 1130. The number of nitrogens with zero attached hydrogens (tertiary/aromatic N) is 4. The van der Waals surface area contributed by atoms with Gasteiger partial charge in [0.2, 0.25) is 5.28 Å². The Morgan fingerprint density at radius 1 is 0.821 bits per heavy atom. The van der Waals surface area contributed by atoms with Crippen LogP contribution in [0.1, 0.15) is 18.1 Å². The molecular formula is C21H17Cl2N5. The van der Waals surface area contributed by atoms with Crippen molar-refractivity contribution in [3.63, 3.8) is 0 Å². The highest BCUT2D eigenvalue weighted by Crippen LogP contribution is 2.29. The summed E-state index contributed by atoms with van der Waals surface area (Å²) in [6.07, 6.45) is 0.955. The van der Waals surface area contributed by atoms with Gasteiger partial charge in [0, 0.05) is 12.1 Å². The second-order valence-corrected chi connectivity index (χ2v) is 6.91. The number of hydrogen-bond donors (Lipinski definition) is 1. The van der Waals surface area contributed by atoms with E-state index < -0.39 is 0 Å². The largest absolute Gasteiger partial charge is 0.364 e. The van der Waals surface area contributed by atoms with Crippen LogP contribution in [0, 0.1) is 0 Å². The predicted molar refractivity (Wildman–Crippen MR) is 114 cm³/mol. The van der Waals surface area contributed by atoms with Crippen LogP contribution < -0.4 is 5.32 Å². The maximum atomic E-state index is 6.36. The first-order valence-electron chi connectivity index (χ1n) is 8.92. The van der Waals surface area contributed by atoms with Gasteiger partial charge in [0.05, 0.1) is 0 Å². The molecule has 4 aromatic rings. The number of benzene rings is 2. The highest BCUT2D eigenvalue weighted by atomic mass is 35.5. The van der Waals surface area contributed by atoms with Crippen molar-refractivity contribution in [1.82, 2.24) is 19.9 Å². The third-order valence-electron chi connectivity index (χ3n) is 4.45. The van der Waals surface area contributed by atoms with Crippen LogP contribution in [-0.2, 0) is 13.0 Å². The van der Waals surface area contributed by atoms with E-state index in [1.165, 1.54) is 11.1 Å². The zero-order chi connectivity index (χ0) is 19.5. The Hall–Kier alpha value is -2.76. The summed E-state index contributed by atoms with van der Waals surface area (Å²) in [7, 11) is 0. The highest BCUT2D eigenvalue weighted by Gasteiger charge is 2.15. The molecule has 28 heavy (non-hydrogen) atoms. The van der Waals surface area contributed by atoms with Crippen molar-refractivity contribution in [2.45, 2.75) is 19.9 Å². The number of anilines is 1. The Morgan fingerprint density at radius 2 is 1.54 bits per heavy atom. The molecule has 0 spiro atoms. The first-order valence-corrected chi connectivity index (χ1v) is 9.68. The van der Waals surface area contributed by atoms with Gasteiger partial charge in [-0.2, -0.15) is 9.97 Å². The maximum absolute atomic E-state index is 6.36. The third-order valence-corrected chi connectivity index (χ3v) is 4.89. The van der Waals surface area contributed by atoms with Gasteiger partial charge in [0.25, 0.3) is 0 Å². The zero-order valence-electron chi connectivity index (χ0n) is 15.2. The van der Waals surface area contributed by atoms with Crippen LogP contribution in [0.5, 0.6) is 0 Å². The van der Waals surface area contributed by atoms with Gasteiger partial charge in [-0.15, -0.1) is 0 Å². The van der Waals surface area contributed by atoms with Gasteiger partial charge >= 0.3 is 0 Å². The van der Waals surface area contributed by atoms with E-state index in [9.17, 15) is 0 Å². The minimum Gasteiger partial charge on any atom is -0.364 e. The normalized spacial score (nSPS) is 11.0. The summed E-state index contributed by atoms with van der Waals surface area (Å²) >= 11 is 12.5. The van der Waals surface area contributed by atoms with Crippen LogP contribution in [0.2, 0.25) is 10.4 Å². The van der Waals surface area contributed by atoms with Crippen LogP contribution in [0.4, 0.5) is 5.82 Å². The lowest BCUT2D eigenvalue weighted by molar-refractivity contribution is 1.03. The molecule has 0 bridgehead atoms. The van der Waals surface area contributed by atoms with Crippen LogP contribution in [0.15, 0.2) is 54.6 Å². The van der Waals surface area contributed by atoms with E-state index in [0.717, 1.165) is 12.0 Å². The average Bonchev–Trinajstić information content (AvgIpc) is 2.72. The second-order valence-electron chi connectivity index (χ2n) is 6.22. The van der Waals surface area contributed by atoms with Crippen LogP contribution in [-0.4, -0.2) is 19.9 Å². The number of fused-ring (bicyclic) bond motifs is 1. The van der Waals surface area contributed by atoms with Gasteiger partial charge in [0.15, 0.2) is 22.1 Å². The quantitative estimate of drug-likeness (QED) is 0.436. The standard InChI is InChI=1S/C21H17Cl2N5/c1-2-13-8-6-7-11-15(13)12-24-19-17-20(28-21(23)27-19)26-18(22)16(25-17)14-9-4-3-5-10-14/h3-11H,2,12H2,1H3,(H,24,26,27,28). The highest BCUT2D eigenvalue weighted by molar-refractivity contribution is 6.32. The van der Waals surface area contributed by atoms with Crippen molar-refractivity contribution in [3.05, 3.63) is 76.2 Å². The van der Waals surface area contributed by atoms with Gasteiger partial charge in [-0.25, -0.2) is 9.97 Å². The number of rotatable bonds is 5. The third kappa shape index (κ3) is 3.77. The Labute approximate surface area is 172 Å². The van der Waals surface area contributed by atoms with E-state index in [2.05, 4.69) is 39.3 Å². The second kappa shape index (κ2) is 8.09. The molecule has 2 heterocycles. The first kappa shape index (κ1) is 18.6. The molecule has 0 fully saturated rings. The summed E-state index contributed by atoms with van der Waals surface area (Å²) in [6, 6.07) is 17.9. The van der Waals surface area contributed by atoms with Crippen molar-refractivity contribution < 1.29 is 0 Å². The molecule has 0 unspecified atom stereocenters. The summed E-state index contributed by atoms with van der Waals surface area (Å²) in [6.45, 7) is 2.73. The van der Waals surface area contributed by atoms with Crippen molar-refractivity contribution in [2.24, 2.45) is 0 Å².